The highest BCUT2D eigenvalue weighted by molar-refractivity contribution is 5.91. The summed E-state index contributed by atoms with van der Waals surface area (Å²) < 4.78 is 13.1. The molecule has 0 spiro atoms. The van der Waals surface area contributed by atoms with Crippen LogP contribution in [-0.2, 0) is 29.4 Å². The quantitative estimate of drug-likeness (QED) is 0.404. The van der Waals surface area contributed by atoms with Gasteiger partial charge in [-0.2, -0.15) is 0 Å². The van der Waals surface area contributed by atoms with Crippen LogP contribution in [0.25, 0.3) is 11.1 Å². The molecule has 13 heteroatoms. The van der Waals surface area contributed by atoms with E-state index in [2.05, 4.69) is 22.5 Å². The van der Waals surface area contributed by atoms with Gasteiger partial charge in [-0.05, 0) is 87.9 Å². The summed E-state index contributed by atoms with van der Waals surface area (Å²) >= 11 is 0. The molecule has 4 aliphatic rings. The first-order valence-electron chi connectivity index (χ1n) is 18.0. The number of aromatic nitrogens is 1. The molecule has 1 aromatic heterocycles. The van der Waals surface area contributed by atoms with E-state index in [1.54, 1.807) is 18.0 Å². The number of nitrogens with one attached hydrogen (secondary N) is 2. The zero-order chi connectivity index (χ0) is 35.0. The van der Waals surface area contributed by atoms with Crippen molar-refractivity contribution in [3.05, 3.63) is 63.6 Å². The largest absolute Gasteiger partial charge is 0.436 e. The third-order valence-electron chi connectivity index (χ3n) is 11.4. The minimum atomic E-state index is -1.04. The molecule has 0 bridgehead atoms. The standard InChI is InChI=1S/C37H49N7O6/c1-25-22-26(23-30-32(25)40(3)35(47)49-30)24-31(33(45)41-18-20-43(21-19-41)37(2)11-13-38-14-12-37)50-36(48)42-15-9-28(10-16-42)44-17-8-27-6-4-5-7-29(27)39-34(44)46/h4-7,22-23,28,31,38H,8-21,24H2,1-3H3,(H,39,46). The lowest BCUT2D eigenvalue weighted by Crippen LogP contribution is -2.60. The summed E-state index contributed by atoms with van der Waals surface area (Å²) in [6.07, 6.45) is 2.75. The van der Waals surface area contributed by atoms with Crippen LogP contribution in [0.1, 0.15) is 49.3 Å². The van der Waals surface area contributed by atoms with Crippen LogP contribution < -0.4 is 16.4 Å². The average Bonchev–Trinajstić information content (AvgIpc) is 3.30. The number of likely N-dealkylation sites (tertiary alicyclic amines) is 1. The Morgan fingerprint density at radius 3 is 2.44 bits per heavy atom. The summed E-state index contributed by atoms with van der Waals surface area (Å²) in [5.74, 6) is -0.665. The Morgan fingerprint density at radius 1 is 0.980 bits per heavy atom. The van der Waals surface area contributed by atoms with Crippen molar-refractivity contribution in [2.45, 2.75) is 70.1 Å². The van der Waals surface area contributed by atoms with E-state index in [0.29, 0.717) is 56.7 Å². The highest BCUT2D eigenvalue weighted by atomic mass is 16.6. The van der Waals surface area contributed by atoms with E-state index >= 15 is 0 Å². The number of piperazine rings is 1. The van der Waals surface area contributed by atoms with Crippen molar-refractivity contribution < 1.29 is 23.5 Å². The van der Waals surface area contributed by atoms with Gasteiger partial charge in [0.2, 0.25) is 0 Å². The fraction of sp³-hybridized carbons (Fsp3) is 0.568. The van der Waals surface area contributed by atoms with Crippen molar-refractivity contribution in [3.63, 3.8) is 0 Å². The first kappa shape index (κ1) is 34.1. The predicted molar refractivity (Wildman–Crippen MR) is 189 cm³/mol. The number of para-hydroxylation sites is 1. The third-order valence-corrected chi connectivity index (χ3v) is 11.4. The highest BCUT2D eigenvalue weighted by Gasteiger charge is 2.39. The number of hydrogen-bond donors (Lipinski definition) is 2. The summed E-state index contributed by atoms with van der Waals surface area (Å²) in [4.78, 5) is 61.2. The van der Waals surface area contributed by atoms with Crippen LogP contribution >= 0.6 is 0 Å². The van der Waals surface area contributed by atoms with Gasteiger partial charge in [0.1, 0.15) is 0 Å². The van der Waals surface area contributed by atoms with E-state index < -0.39 is 18.0 Å². The number of benzene rings is 2. The van der Waals surface area contributed by atoms with Crippen LogP contribution in [0.15, 0.2) is 45.6 Å². The van der Waals surface area contributed by atoms with Crippen LogP contribution in [0.3, 0.4) is 0 Å². The molecule has 3 aromatic rings. The van der Waals surface area contributed by atoms with Crippen molar-refractivity contribution in [2.75, 3.05) is 64.2 Å². The number of aryl methyl sites for hydroxylation is 2. The second-order valence-corrected chi connectivity index (χ2v) is 14.6. The van der Waals surface area contributed by atoms with E-state index in [-0.39, 0.29) is 29.9 Å². The van der Waals surface area contributed by atoms with Gasteiger partial charge in [0.15, 0.2) is 11.7 Å². The first-order chi connectivity index (χ1) is 24.1. The van der Waals surface area contributed by atoms with Gasteiger partial charge in [-0.25, -0.2) is 14.4 Å². The number of amides is 4. The van der Waals surface area contributed by atoms with Gasteiger partial charge < -0.3 is 34.5 Å². The maximum absolute atomic E-state index is 14.2. The molecule has 0 radical (unpaired) electrons. The van der Waals surface area contributed by atoms with Crippen molar-refractivity contribution in [1.29, 1.82) is 0 Å². The number of hydrogen-bond acceptors (Lipinski definition) is 8. The van der Waals surface area contributed by atoms with Crippen LogP contribution in [0, 0.1) is 6.92 Å². The number of rotatable bonds is 6. The summed E-state index contributed by atoms with van der Waals surface area (Å²) in [5.41, 5.74) is 4.82. The molecular formula is C37H49N7O6. The number of carbonyl (C=O) groups is 3. The average molecular weight is 688 g/mol. The Hall–Kier alpha value is -4.36. The fourth-order valence-corrected chi connectivity index (χ4v) is 8.34. The molecule has 4 amide bonds. The Bertz CT molecular complexity index is 1800. The molecule has 3 saturated heterocycles. The number of anilines is 1. The van der Waals surface area contributed by atoms with Gasteiger partial charge >= 0.3 is 17.9 Å². The number of ether oxygens (including phenoxy) is 1. The summed E-state index contributed by atoms with van der Waals surface area (Å²) in [5, 5.41) is 6.49. The van der Waals surface area contributed by atoms with E-state index in [9.17, 15) is 19.2 Å². The van der Waals surface area contributed by atoms with Crippen LogP contribution in [0.4, 0.5) is 15.3 Å². The predicted octanol–water partition coefficient (Wildman–Crippen LogP) is 3.33. The van der Waals surface area contributed by atoms with Crippen molar-refractivity contribution in [2.24, 2.45) is 7.05 Å². The molecule has 268 valence electrons. The minimum absolute atomic E-state index is 0.000813. The number of oxazole rings is 1. The molecule has 1 atom stereocenters. The number of carbonyl (C=O) groups excluding carboxylic acids is 3. The molecule has 50 heavy (non-hydrogen) atoms. The van der Waals surface area contributed by atoms with Gasteiger partial charge in [-0.3, -0.25) is 14.3 Å². The molecule has 5 heterocycles. The summed E-state index contributed by atoms with van der Waals surface area (Å²) in [6.45, 7) is 10.3. The molecule has 7 rings (SSSR count). The number of nitrogens with zero attached hydrogens (tertiary/aromatic N) is 5. The maximum atomic E-state index is 14.2. The van der Waals surface area contributed by atoms with E-state index in [1.807, 2.05) is 47.1 Å². The van der Waals surface area contributed by atoms with Gasteiger partial charge in [0.05, 0.1) is 5.52 Å². The van der Waals surface area contributed by atoms with E-state index in [0.717, 1.165) is 67.8 Å². The lowest BCUT2D eigenvalue weighted by molar-refractivity contribution is -0.143. The monoisotopic (exact) mass is 687 g/mol. The molecule has 2 N–H and O–H groups in total. The Kier molecular flexibility index (Phi) is 9.62. The molecular weight excluding hydrogens is 638 g/mol. The van der Waals surface area contributed by atoms with Crippen LogP contribution in [-0.4, -0.2) is 119 Å². The van der Waals surface area contributed by atoms with Crippen molar-refractivity contribution in [1.82, 2.24) is 29.5 Å². The third kappa shape index (κ3) is 6.85. The second kappa shape index (κ2) is 14.1. The normalized spacial score (nSPS) is 21.0. The Labute approximate surface area is 292 Å². The summed E-state index contributed by atoms with van der Waals surface area (Å²) in [6, 6.07) is 11.5. The zero-order valence-electron chi connectivity index (χ0n) is 29.4. The molecule has 0 saturated carbocycles. The van der Waals surface area contributed by atoms with Crippen molar-refractivity contribution in [3.8, 4) is 0 Å². The van der Waals surface area contributed by atoms with Gasteiger partial charge in [-0.15, -0.1) is 0 Å². The first-order valence-corrected chi connectivity index (χ1v) is 18.0. The molecule has 3 fully saturated rings. The smallest absolute Gasteiger partial charge is 0.419 e. The topological polar surface area (TPSA) is 133 Å². The van der Waals surface area contributed by atoms with Gasteiger partial charge in [0.25, 0.3) is 5.91 Å². The zero-order valence-corrected chi connectivity index (χ0v) is 29.4. The highest BCUT2D eigenvalue weighted by Crippen LogP contribution is 2.29. The molecule has 13 nitrogen and oxygen atoms in total. The maximum Gasteiger partial charge on any atom is 0.419 e. The minimum Gasteiger partial charge on any atom is -0.436 e. The lowest BCUT2D eigenvalue weighted by Gasteiger charge is -2.48. The van der Waals surface area contributed by atoms with E-state index in [4.69, 9.17) is 9.15 Å². The molecule has 0 aliphatic carbocycles. The Balaban J connectivity index is 1.03. The number of urea groups is 1. The lowest BCUT2D eigenvalue weighted by atomic mass is 9.88. The molecule has 1 unspecified atom stereocenters. The number of piperidine rings is 2. The van der Waals surface area contributed by atoms with Gasteiger partial charge in [0, 0.05) is 76.5 Å². The fourth-order valence-electron chi connectivity index (χ4n) is 8.34. The molecule has 2 aromatic carbocycles. The van der Waals surface area contributed by atoms with Gasteiger partial charge in [-0.1, -0.05) is 24.3 Å². The summed E-state index contributed by atoms with van der Waals surface area (Å²) in [7, 11) is 1.67. The van der Waals surface area contributed by atoms with Crippen LogP contribution in [0.5, 0.6) is 0 Å². The van der Waals surface area contributed by atoms with Crippen LogP contribution in [0.2, 0.25) is 0 Å². The Morgan fingerprint density at radius 2 is 1.70 bits per heavy atom. The molecule has 4 aliphatic heterocycles. The van der Waals surface area contributed by atoms with E-state index in [1.165, 1.54) is 4.57 Å². The second-order valence-electron chi connectivity index (χ2n) is 14.6. The van der Waals surface area contributed by atoms with Crippen molar-refractivity contribution >= 4 is 34.8 Å². The SMILES string of the molecule is Cc1cc(CC(OC(=O)N2CCC(N3CCc4ccccc4NC3=O)CC2)C(=O)N2CCN(C3(C)CCNCC3)CC2)cc2oc(=O)n(C)c12. The number of fused-ring (bicyclic) bond motifs is 2.